The highest BCUT2D eigenvalue weighted by Gasteiger charge is 2.37. The molecule has 0 saturated heterocycles. The molecule has 1 aliphatic heterocycles. The lowest BCUT2D eigenvalue weighted by Crippen LogP contribution is -2.32. The Balaban J connectivity index is 0.000000217. The molecule has 0 bridgehead atoms. The summed E-state index contributed by atoms with van der Waals surface area (Å²) in [6.07, 6.45) is 1.51. The Hall–Kier alpha value is -8.76. The molecule has 428 valence electrons. The van der Waals surface area contributed by atoms with Gasteiger partial charge in [0.1, 0.15) is 41.8 Å². The van der Waals surface area contributed by atoms with Crippen molar-refractivity contribution in [2.24, 2.45) is 4.99 Å². The number of amidine groups is 1. The first-order chi connectivity index (χ1) is 37.9. The van der Waals surface area contributed by atoms with Crippen LogP contribution in [0.1, 0.15) is 81.0 Å². The first-order valence-corrected chi connectivity index (χ1v) is 29.0. The molecular formula is C59H67N7O13S2. The minimum absolute atomic E-state index is 0.0329. The Bertz CT molecular complexity index is 3620. The number of nitrogens with two attached hydrogens (primary N) is 1. The topological polar surface area (TPSA) is 268 Å². The molecule has 6 aromatic carbocycles. The van der Waals surface area contributed by atoms with Crippen LogP contribution in [0.3, 0.4) is 0 Å². The highest BCUT2D eigenvalue weighted by molar-refractivity contribution is 7.92. The van der Waals surface area contributed by atoms with E-state index in [4.69, 9.17) is 29.8 Å². The van der Waals surface area contributed by atoms with Crippen LogP contribution < -0.4 is 24.8 Å². The third kappa shape index (κ3) is 18.1. The van der Waals surface area contributed by atoms with E-state index in [1.165, 1.54) is 14.1 Å². The van der Waals surface area contributed by atoms with Gasteiger partial charge in [0.05, 0.1) is 30.9 Å². The van der Waals surface area contributed by atoms with Crippen LogP contribution in [0, 0.1) is 0 Å². The summed E-state index contributed by atoms with van der Waals surface area (Å²) in [6, 6.07) is 43.0. The van der Waals surface area contributed by atoms with Crippen molar-refractivity contribution in [3.8, 4) is 11.5 Å². The van der Waals surface area contributed by atoms with Crippen molar-refractivity contribution in [1.82, 2.24) is 14.1 Å². The first-order valence-electron chi connectivity index (χ1n) is 25.3. The number of hydrogen-bond donors (Lipinski definition) is 3. The van der Waals surface area contributed by atoms with E-state index < -0.39 is 55.3 Å². The smallest absolute Gasteiger partial charge is 0.435 e. The van der Waals surface area contributed by atoms with Crippen LogP contribution >= 0.6 is 0 Å². The van der Waals surface area contributed by atoms with Gasteiger partial charge in [0.2, 0.25) is 26.0 Å². The summed E-state index contributed by atoms with van der Waals surface area (Å²) < 4.78 is 73.4. The van der Waals surface area contributed by atoms with Crippen LogP contribution in [0.5, 0.6) is 11.5 Å². The highest BCUT2D eigenvalue weighted by Crippen LogP contribution is 2.35. The number of anilines is 3. The largest absolute Gasteiger partial charge is 0.489 e. The minimum atomic E-state index is -3.69. The maximum absolute atomic E-state index is 12.8. The predicted octanol–water partition coefficient (Wildman–Crippen LogP) is 9.17. The van der Waals surface area contributed by atoms with E-state index in [0.717, 1.165) is 53.8 Å². The number of ether oxygens (including phenoxy) is 4. The normalized spacial score (nSPS) is 13.0. The van der Waals surface area contributed by atoms with Crippen molar-refractivity contribution >= 4 is 77.9 Å². The number of carbonyl (C=O) groups excluding carboxylic acids is 3. The van der Waals surface area contributed by atoms with Crippen LogP contribution in [-0.4, -0.2) is 104 Å². The number of fused-ring (bicyclic) bond motifs is 2. The summed E-state index contributed by atoms with van der Waals surface area (Å²) >= 11 is 0. The zero-order valence-electron chi connectivity index (χ0n) is 46.7. The summed E-state index contributed by atoms with van der Waals surface area (Å²) in [5.74, 6) is 0.0374. The quantitative estimate of drug-likeness (QED) is 0.0638. The molecule has 20 nitrogen and oxygen atoms in total. The van der Waals surface area contributed by atoms with Gasteiger partial charge in [0.25, 0.3) is 0 Å². The molecule has 0 aliphatic carbocycles. The number of nitrogens with zero attached hydrogens (tertiary/aromatic N) is 5. The molecule has 0 saturated carbocycles. The van der Waals surface area contributed by atoms with Crippen molar-refractivity contribution in [2.75, 3.05) is 42.0 Å². The Kier molecular flexibility index (Phi) is 19.7. The molecule has 8 rings (SSSR count). The van der Waals surface area contributed by atoms with Crippen molar-refractivity contribution in [2.45, 2.75) is 84.8 Å². The molecule has 1 aliphatic rings. The lowest BCUT2D eigenvalue weighted by molar-refractivity contribution is -0.156. The number of nitrogen functional groups attached to an aromatic ring is 1. The molecular weight excluding hydrogens is 1080 g/mol. The molecule has 0 radical (unpaired) electrons. The number of aromatic nitrogens is 2. The molecule has 7 aromatic rings. The van der Waals surface area contributed by atoms with Crippen LogP contribution in [0.4, 0.5) is 22.0 Å². The standard InChI is InChI=1S/C29H32N4O6S.C15H21N3O4S.C15H14O3/c1-29(2,3)39-28(35)33-25-16-13-22(18-24(25)27(31-33)32(4)40(5,36)37)30-26(34)17-20-11-14-23(15-12-20)38-19-21-9-7-6-8-10-21;1-15(2,3)22-14(19)12-10-7-6-9(16)8-11(10)13(17-12)18(4)23(5,20)21;16-15(17)10-12-6-8-14(9-7-12)18-11-13-4-2-1-3-5-13/h6-16,18H,17,19H2,1-5H3,(H,30,34);6-8,12H,16H2,1-5H3;1-9H,10-11H2,(H,16,17). The summed E-state index contributed by atoms with van der Waals surface area (Å²) in [5, 5.41) is 16.1. The molecule has 22 heteroatoms. The number of carboxylic acid groups (broad SMARTS) is 1. The van der Waals surface area contributed by atoms with Gasteiger partial charge in [-0.05, 0) is 124 Å². The number of esters is 1. The first kappa shape index (κ1) is 61.5. The summed E-state index contributed by atoms with van der Waals surface area (Å²) in [6.45, 7) is 11.4. The van der Waals surface area contributed by atoms with E-state index >= 15 is 0 Å². The third-order valence-corrected chi connectivity index (χ3v) is 14.0. The number of amides is 1. The van der Waals surface area contributed by atoms with Gasteiger partial charge >= 0.3 is 18.0 Å². The fourth-order valence-electron chi connectivity index (χ4n) is 7.68. The van der Waals surface area contributed by atoms with Gasteiger partial charge in [-0.15, -0.1) is 5.10 Å². The van der Waals surface area contributed by atoms with Gasteiger partial charge in [-0.2, -0.15) is 4.68 Å². The van der Waals surface area contributed by atoms with E-state index in [1.807, 2.05) is 84.9 Å². The Morgan fingerprint density at radius 3 is 1.63 bits per heavy atom. The molecule has 0 fully saturated rings. The van der Waals surface area contributed by atoms with Gasteiger partial charge in [-0.1, -0.05) is 91.0 Å². The minimum Gasteiger partial charge on any atom is -0.489 e. The van der Waals surface area contributed by atoms with Gasteiger partial charge in [-0.3, -0.25) is 18.2 Å². The highest BCUT2D eigenvalue weighted by atomic mass is 32.2. The Labute approximate surface area is 472 Å². The zero-order valence-corrected chi connectivity index (χ0v) is 48.4. The fraction of sp³-hybridized carbons (Fsp3) is 0.288. The molecule has 1 atom stereocenters. The molecule has 0 spiro atoms. The zero-order chi connectivity index (χ0) is 59.5. The van der Waals surface area contributed by atoms with Crippen molar-refractivity contribution in [1.29, 1.82) is 0 Å². The monoisotopic (exact) mass is 1150 g/mol. The lowest BCUT2D eigenvalue weighted by Gasteiger charge is -2.21. The van der Waals surface area contributed by atoms with Gasteiger partial charge in [-0.25, -0.2) is 31.4 Å². The Morgan fingerprint density at radius 1 is 0.642 bits per heavy atom. The van der Waals surface area contributed by atoms with Crippen molar-refractivity contribution in [3.63, 3.8) is 0 Å². The van der Waals surface area contributed by atoms with E-state index in [0.29, 0.717) is 52.4 Å². The second-order valence-corrected chi connectivity index (χ2v) is 24.8. The van der Waals surface area contributed by atoms with Gasteiger partial charge in [0, 0.05) is 36.4 Å². The molecule has 1 unspecified atom stereocenters. The van der Waals surface area contributed by atoms with Crippen molar-refractivity contribution < 1.29 is 60.1 Å². The Morgan fingerprint density at radius 2 is 1.15 bits per heavy atom. The number of aliphatic carboxylic acids is 1. The van der Waals surface area contributed by atoms with Gasteiger partial charge in [0.15, 0.2) is 11.9 Å². The molecule has 81 heavy (non-hydrogen) atoms. The number of carboxylic acids is 1. The number of nitrogens with one attached hydrogen (secondary N) is 1. The number of rotatable bonds is 15. The summed E-state index contributed by atoms with van der Waals surface area (Å²) in [5.41, 5.74) is 10.4. The van der Waals surface area contributed by atoms with Crippen LogP contribution in [0.2, 0.25) is 0 Å². The van der Waals surface area contributed by atoms with Gasteiger partial charge < -0.3 is 35.1 Å². The third-order valence-electron chi connectivity index (χ3n) is 11.7. The van der Waals surface area contributed by atoms with Crippen molar-refractivity contribution in [3.05, 3.63) is 179 Å². The SMILES string of the molecule is CN(C1=NC(C(=O)OC(C)(C)C)c2ccc(N)cc21)S(C)(=O)=O.CN(c1nn(C(=O)OC(C)(C)C)c2ccc(NC(=O)Cc3ccc(OCc4ccccc4)cc3)cc12)S(C)(=O)=O.O=C(O)Cc1ccc(OCc2ccccc2)cc1. The van der Waals surface area contributed by atoms with E-state index in [9.17, 15) is 36.0 Å². The maximum Gasteiger partial charge on any atom is 0.435 e. The molecule has 1 amide bonds. The fourth-order valence-corrected chi connectivity index (χ4v) is 8.59. The molecule has 4 N–H and O–H groups in total. The number of sulfonamides is 2. The average Bonchev–Trinajstić information content (AvgIpc) is 3.98. The average molecular weight is 1150 g/mol. The summed E-state index contributed by atoms with van der Waals surface area (Å²) in [4.78, 5) is 52.8. The maximum atomic E-state index is 12.8. The summed E-state index contributed by atoms with van der Waals surface area (Å²) in [7, 11) is -4.47. The van der Waals surface area contributed by atoms with E-state index in [-0.39, 0.29) is 30.4 Å². The number of carbonyl (C=O) groups is 4. The number of aliphatic imine (C=N–C) groups is 1. The van der Waals surface area contributed by atoms with Crippen LogP contribution in [0.15, 0.2) is 151 Å². The van der Waals surface area contributed by atoms with E-state index in [1.54, 1.807) is 102 Å². The van der Waals surface area contributed by atoms with Crippen LogP contribution in [0.25, 0.3) is 10.9 Å². The number of hydrogen-bond acceptors (Lipinski definition) is 15. The lowest BCUT2D eigenvalue weighted by atomic mass is 10.0. The molecule has 2 heterocycles. The molecule has 1 aromatic heterocycles. The van der Waals surface area contributed by atoms with E-state index in [2.05, 4.69) is 15.4 Å². The second-order valence-electron chi connectivity index (χ2n) is 20.8. The second kappa shape index (κ2) is 26.0. The van der Waals surface area contributed by atoms with Crippen LogP contribution in [-0.2, 0) is 70.0 Å². The predicted molar refractivity (Wildman–Crippen MR) is 311 cm³/mol. The number of benzene rings is 6.